The molecule has 0 aromatic carbocycles. The van der Waals surface area contributed by atoms with Crippen LogP contribution in [-0.4, -0.2) is 23.0 Å². The molecule has 5 nitrogen and oxygen atoms in total. The summed E-state index contributed by atoms with van der Waals surface area (Å²) in [5.74, 6) is -0.696. The smallest absolute Gasteiger partial charge is 0.248 e. The summed E-state index contributed by atoms with van der Waals surface area (Å²) in [6.07, 6.45) is 0. The molecule has 68 valence electrons. The molecule has 0 rings (SSSR count). The lowest BCUT2D eigenvalue weighted by Gasteiger charge is -2.11. The Morgan fingerprint density at radius 2 is 2.00 bits per heavy atom. The predicted octanol–water partition coefficient (Wildman–Crippen LogP) is -1.13. The summed E-state index contributed by atoms with van der Waals surface area (Å²) in [4.78, 5) is 21.5. The highest BCUT2D eigenvalue weighted by Crippen LogP contribution is 1.80. The molecule has 12 heavy (non-hydrogen) atoms. The Hall–Kier alpha value is -1.17. The summed E-state index contributed by atoms with van der Waals surface area (Å²) in [5.41, 5.74) is 5.05. The lowest BCUT2D eigenvalue weighted by Crippen LogP contribution is -2.47. The summed E-state index contributed by atoms with van der Waals surface area (Å²) in [5, 5.41) is 4.49. The standard InChI is InChI=1S/C6H11N3O2S/c1-3(8-4(2)10)5(11)9-6(7)12/h3H,1-2H3,(H,8,10)(H3,7,9,11,12)/t3-/m0/s1. The van der Waals surface area contributed by atoms with E-state index in [0.29, 0.717) is 0 Å². The van der Waals surface area contributed by atoms with E-state index in [4.69, 9.17) is 5.73 Å². The lowest BCUT2D eigenvalue weighted by molar-refractivity contribution is -0.126. The van der Waals surface area contributed by atoms with Crippen molar-refractivity contribution in [3.63, 3.8) is 0 Å². The number of thiocarbonyl (C=S) groups is 1. The first-order chi connectivity index (χ1) is 5.43. The number of hydrogen-bond donors (Lipinski definition) is 3. The SMILES string of the molecule is CC(=O)N[C@@H](C)C(=O)NC(N)=S. The van der Waals surface area contributed by atoms with Crippen LogP contribution in [0.5, 0.6) is 0 Å². The summed E-state index contributed by atoms with van der Waals surface area (Å²) in [6.45, 7) is 2.86. The Morgan fingerprint density at radius 1 is 1.50 bits per heavy atom. The van der Waals surface area contributed by atoms with Crippen LogP contribution in [0.4, 0.5) is 0 Å². The number of hydrogen-bond acceptors (Lipinski definition) is 3. The van der Waals surface area contributed by atoms with Gasteiger partial charge in [0.2, 0.25) is 11.8 Å². The van der Waals surface area contributed by atoms with E-state index in [1.54, 1.807) is 0 Å². The van der Waals surface area contributed by atoms with Gasteiger partial charge in [0.05, 0.1) is 0 Å². The molecular weight excluding hydrogens is 178 g/mol. The van der Waals surface area contributed by atoms with E-state index in [9.17, 15) is 9.59 Å². The third-order valence-corrected chi connectivity index (χ3v) is 1.16. The maximum atomic E-state index is 11.0. The molecule has 4 N–H and O–H groups in total. The zero-order valence-corrected chi connectivity index (χ0v) is 7.70. The van der Waals surface area contributed by atoms with Crippen molar-refractivity contribution in [2.45, 2.75) is 19.9 Å². The van der Waals surface area contributed by atoms with Gasteiger partial charge < -0.3 is 16.4 Å². The maximum absolute atomic E-state index is 11.0. The second kappa shape index (κ2) is 4.66. The average molecular weight is 189 g/mol. The predicted molar refractivity (Wildman–Crippen MR) is 48.2 cm³/mol. The molecule has 0 fully saturated rings. The van der Waals surface area contributed by atoms with Crippen molar-refractivity contribution < 1.29 is 9.59 Å². The van der Waals surface area contributed by atoms with E-state index < -0.39 is 11.9 Å². The second-order valence-electron chi connectivity index (χ2n) is 2.28. The molecule has 0 aliphatic rings. The summed E-state index contributed by atoms with van der Waals surface area (Å²) >= 11 is 4.44. The van der Waals surface area contributed by atoms with Gasteiger partial charge in [-0.15, -0.1) is 0 Å². The van der Waals surface area contributed by atoms with E-state index in [0.717, 1.165) is 0 Å². The minimum absolute atomic E-state index is 0.0998. The van der Waals surface area contributed by atoms with Crippen LogP contribution in [0.1, 0.15) is 13.8 Å². The van der Waals surface area contributed by atoms with Crippen LogP contribution in [0.25, 0.3) is 0 Å². The average Bonchev–Trinajstić information content (AvgIpc) is 1.84. The maximum Gasteiger partial charge on any atom is 0.248 e. The van der Waals surface area contributed by atoms with Crippen LogP contribution >= 0.6 is 12.2 Å². The number of rotatable bonds is 2. The molecule has 0 bridgehead atoms. The fourth-order valence-corrected chi connectivity index (χ4v) is 0.701. The fraction of sp³-hybridized carbons (Fsp3) is 0.500. The van der Waals surface area contributed by atoms with Gasteiger partial charge in [-0.1, -0.05) is 0 Å². The number of amides is 2. The Labute approximate surface area is 75.7 Å². The molecule has 0 aliphatic heterocycles. The number of carbonyl (C=O) groups excluding carboxylic acids is 2. The van der Waals surface area contributed by atoms with Crippen LogP contribution in [0.15, 0.2) is 0 Å². The highest BCUT2D eigenvalue weighted by molar-refractivity contribution is 7.80. The molecule has 6 heteroatoms. The Balaban J connectivity index is 3.93. The van der Waals surface area contributed by atoms with Gasteiger partial charge in [-0.05, 0) is 19.1 Å². The topological polar surface area (TPSA) is 84.2 Å². The molecule has 0 aliphatic carbocycles. The first kappa shape index (κ1) is 10.8. The van der Waals surface area contributed by atoms with Crippen molar-refractivity contribution >= 4 is 29.1 Å². The molecule has 0 spiro atoms. The summed E-state index contributed by atoms with van der Waals surface area (Å²) in [6, 6.07) is -0.621. The van der Waals surface area contributed by atoms with Crippen molar-refractivity contribution in [2.75, 3.05) is 0 Å². The minimum atomic E-state index is -0.621. The van der Waals surface area contributed by atoms with Crippen LogP contribution in [0.3, 0.4) is 0 Å². The Bertz CT molecular complexity index is 217. The van der Waals surface area contributed by atoms with Gasteiger partial charge in [0.25, 0.3) is 0 Å². The highest BCUT2D eigenvalue weighted by atomic mass is 32.1. The van der Waals surface area contributed by atoms with E-state index in [-0.39, 0.29) is 11.0 Å². The third-order valence-electron chi connectivity index (χ3n) is 1.06. The van der Waals surface area contributed by atoms with Crippen molar-refractivity contribution in [1.29, 1.82) is 0 Å². The van der Waals surface area contributed by atoms with Crippen LogP contribution in [0, 0.1) is 0 Å². The van der Waals surface area contributed by atoms with Crippen molar-refractivity contribution in [3.05, 3.63) is 0 Å². The molecule has 0 unspecified atom stereocenters. The van der Waals surface area contributed by atoms with Gasteiger partial charge in [-0.2, -0.15) is 0 Å². The Kier molecular flexibility index (Phi) is 4.20. The van der Waals surface area contributed by atoms with Crippen LogP contribution in [0.2, 0.25) is 0 Å². The molecule has 0 aromatic heterocycles. The number of nitrogens with one attached hydrogen (secondary N) is 2. The van der Waals surface area contributed by atoms with Gasteiger partial charge in [-0.25, -0.2) is 0 Å². The molecule has 0 radical (unpaired) electrons. The molecule has 2 amide bonds. The van der Waals surface area contributed by atoms with Crippen LogP contribution < -0.4 is 16.4 Å². The van der Waals surface area contributed by atoms with E-state index in [2.05, 4.69) is 22.9 Å². The first-order valence-corrected chi connectivity index (χ1v) is 3.71. The number of nitrogens with two attached hydrogens (primary N) is 1. The van der Waals surface area contributed by atoms with Crippen molar-refractivity contribution in [2.24, 2.45) is 5.73 Å². The molecule has 1 atom stereocenters. The minimum Gasteiger partial charge on any atom is -0.376 e. The third kappa shape index (κ3) is 4.62. The molecule has 0 saturated carbocycles. The van der Waals surface area contributed by atoms with Gasteiger partial charge in [0, 0.05) is 6.92 Å². The van der Waals surface area contributed by atoms with E-state index in [1.165, 1.54) is 13.8 Å². The summed E-state index contributed by atoms with van der Waals surface area (Å²) < 4.78 is 0. The van der Waals surface area contributed by atoms with Gasteiger partial charge in [0.15, 0.2) is 5.11 Å². The van der Waals surface area contributed by atoms with E-state index in [1.807, 2.05) is 0 Å². The molecule has 0 heterocycles. The largest absolute Gasteiger partial charge is 0.376 e. The van der Waals surface area contributed by atoms with E-state index >= 15 is 0 Å². The zero-order chi connectivity index (χ0) is 9.72. The van der Waals surface area contributed by atoms with Crippen LogP contribution in [-0.2, 0) is 9.59 Å². The highest BCUT2D eigenvalue weighted by Gasteiger charge is 2.13. The second-order valence-corrected chi connectivity index (χ2v) is 2.72. The molecule has 0 aromatic rings. The van der Waals surface area contributed by atoms with Crippen molar-refractivity contribution in [1.82, 2.24) is 10.6 Å². The van der Waals surface area contributed by atoms with Gasteiger partial charge in [-0.3, -0.25) is 9.59 Å². The Morgan fingerprint density at radius 3 is 2.33 bits per heavy atom. The monoisotopic (exact) mass is 189 g/mol. The van der Waals surface area contributed by atoms with Gasteiger partial charge >= 0.3 is 0 Å². The number of carbonyl (C=O) groups is 2. The van der Waals surface area contributed by atoms with Crippen molar-refractivity contribution in [3.8, 4) is 0 Å². The zero-order valence-electron chi connectivity index (χ0n) is 6.88. The molecule has 0 saturated heterocycles. The fourth-order valence-electron chi connectivity index (χ4n) is 0.600. The van der Waals surface area contributed by atoms with Gasteiger partial charge in [0.1, 0.15) is 6.04 Å². The quantitative estimate of drug-likeness (QED) is 0.480. The normalized spacial score (nSPS) is 11.5. The lowest BCUT2D eigenvalue weighted by atomic mass is 10.3. The first-order valence-electron chi connectivity index (χ1n) is 3.31. The summed E-state index contributed by atoms with van der Waals surface area (Å²) in [7, 11) is 0. The molecular formula is C6H11N3O2S.